The molecule has 5 N–H and O–H groups in total. The second-order valence-electron chi connectivity index (χ2n) is 43.1. The molecule has 29 nitrogen and oxygen atoms in total. The van der Waals surface area contributed by atoms with Crippen molar-refractivity contribution >= 4 is 72.1 Å². The number of carbonyl (C=O) groups is 12. The molecular formula is C91H159N7O22. The van der Waals surface area contributed by atoms with Gasteiger partial charge in [-0.15, -0.1) is 0 Å². The maximum Gasteiger partial charge on any atom is 0.407 e. The number of carbonyl (C=O) groups excluding carboxylic acids is 12. The van der Waals surface area contributed by atoms with Crippen LogP contribution in [0.3, 0.4) is 0 Å². The lowest BCUT2D eigenvalue weighted by molar-refractivity contribution is -0.153. The fourth-order valence-electron chi connectivity index (χ4n) is 16.5. The van der Waals surface area contributed by atoms with Crippen LogP contribution in [-0.4, -0.2) is 204 Å². The summed E-state index contributed by atoms with van der Waals surface area (Å²) in [5.74, 6) is -2.28. The van der Waals surface area contributed by atoms with Crippen LogP contribution in [0.25, 0.3) is 0 Å². The molecule has 6 atom stereocenters. The van der Waals surface area contributed by atoms with Gasteiger partial charge in [0.05, 0.1) is 46.1 Å². The molecule has 3 rings (SSSR count). The lowest BCUT2D eigenvalue weighted by Crippen LogP contribution is -2.57. The molecule has 6 unspecified atom stereocenters. The Hall–Kier alpha value is -7.88. The van der Waals surface area contributed by atoms with Gasteiger partial charge < -0.3 is 83.8 Å². The van der Waals surface area contributed by atoms with Crippen LogP contribution in [0.15, 0.2) is 24.3 Å². The number of ether oxygens (including phenoxy) is 10. The van der Waals surface area contributed by atoms with Crippen molar-refractivity contribution in [1.29, 1.82) is 0 Å². The van der Waals surface area contributed by atoms with Crippen LogP contribution in [-0.2, 0) is 80.9 Å². The van der Waals surface area contributed by atoms with Crippen molar-refractivity contribution in [2.45, 2.75) is 326 Å². The number of urea groups is 2. The highest BCUT2D eigenvalue weighted by Crippen LogP contribution is 2.50. The first-order valence-corrected chi connectivity index (χ1v) is 43.1. The molecule has 0 saturated heterocycles. The third-order valence-corrected chi connectivity index (χ3v) is 21.3. The van der Waals surface area contributed by atoms with Crippen LogP contribution in [0.2, 0.25) is 0 Å². The van der Waals surface area contributed by atoms with Crippen LogP contribution in [0, 0.1) is 60.1 Å². The van der Waals surface area contributed by atoms with Crippen molar-refractivity contribution in [3.05, 3.63) is 24.3 Å². The molecule has 690 valence electrons. The van der Waals surface area contributed by atoms with E-state index in [-0.39, 0.29) is 186 Å². The summed E-state index contributed by atoms with van der Waals surface area (Å²) in [5.41, 5.74) is -3.44. The fraction of sp³-hybridized carbons (Fsp3) is 0.824. The van der Waals surface area contributed by atoms with E-state index in [4.69, 9.17) is 47.4 Å². The minimum atomic E-state index is -0.647. The van der Waals surface area contributed by atoms with Gasteiger partial charge in [-0.3, -0.25) is 24.0 Å². The first-order valence-electron chi connectivity index (χ1n) is 43.1. The maximum absolute atomic E-state index is 13.6. The quantitative estimate of drug-likeness (QED) is 0.0164. The van der Waals surface area contributed by atoms with Gasteiger partial charge in [0.1, 0.15) is 33.0 Å². The van der Waals surface area contributed by atoms with E-state index in [0.717, 1.165) is 38.5 Å². The number of nitrogens with zero attached hydrogens (tertiary/aromatic N) is 2. The number of unbranched alkanes of at least 4 members (excludes halogenated alkanes) is 2. The average Bonchev–Trinajstić information content (AvgIpc) is 0.795. The van der Waals surface area contributed by atoms with Crippen LogP contribution in [0.5, 0.6) is 0 Å². The first-order chi connectivity index (χ1) is 54.8. The summed E-state index contributed by atoms with van der Waals surface area (Å²) in [6.07, 6.45) is 8.75. The van der Waals surface area contributed by atoms with E-state index in [0.29, 0.717) is 75.2 Å². The second kappa shape index (κ2) is 47.1. The van der Waals surface area contributed by atoms with Crippen LogP contribution >= 0.6 is 0 Å². The monoisotopic (exact) mass is 1700 g/mol. The highest BCUT2D eigenvalue weighted by atomic mass is 16.6. The SMILES string of the molecule is C=C(C)C(=O)OCCN(C(=O)NC1CC(C)(C)CC(C)(CNC(=O)OCC(C)(C)COC(=O)CCCCC(=O)OCC(C)(C)COC(=O)CC)C1)C(C)(C)C.C=C(C)C(=O)OCCN(C(=O)NC1CC(C)(C)CC(C)(CNC(=O)OCC(C)(C)COC(=O)CCCCC(=O)OCC(C)(C)COC(=O)NCC2(C)CC(C)CC(C)(C)C2)C1)C(C)(C)C. The number of esters is 7. The number of nitrogens with one attached hydrogen (secondary N) is 5. The third-order valence-electron chi connectivity index (χ3n) is 21.3. The van der Waals surface area contributed by atoms with Crippen molar-refractivity contribution < 1.29 is 105 Å². The Balaban J connectivity index is 0.000000825. The number of rotatable bonds is 43. The van der Waals surface area contributed by atoms with Crippen molar-refractivity contribution in [1.82, 2.24) is 36.4 Å². The standard InChI is InChI=1S/C50H88N4O11.C41H71N3O11/c1-35(2)40(57)61-22-21-54(44(4,5)6)41(58)53-37-25-46(9,10)28-50(16,26-37)30-52-43(60)65-34-48(13,14)32-63-39(56)20-18-17-19-38(55)62-31-47(11,12)33-64-42(59)51-29-49(15)24-36(3)23-45(7,8)27-49;1-14-31(45)52-25-39(9,10)26-53-32(46)17-15-16-18-33(47)54-27-40(11,12)28-55-36(50)42-24-41(13)22-30(21-38(7,8)23-41)43-35(49)44(37(4,5)6)19-20-51-34(48)29(2)3/h36-37H,1,17-34H2,2-16H3,(H,51,59)(H,52,60)(H,53,58);30H,2,14-28H2,1,3-13H3,(H,42,50)(H,43,49). The molecule has 0 aromatic heterocycles. The molecule has 3 aliphatic rings. The highest BCUT2D eigenvalue weighted by molar-refractivity contribution is 5.87. The van der Waals surface area contributed by atoms with Crippen LogP contribution in [0.4, 0.5) is 24.0 Å². The molecule has 0 spiro atoms. The minimum Gasteiger partial charge on any atom is -0.465 e. The van der Waals surface area contributed by atoms with Gasteiger partial charge in [-0.1, -0.05) is 145 Å². The smallest absolute Gasteiger partial charge is 0.407 e. The van der Waals surface area contributed by atoms with E-state index in [9.17, 15) is 57.5 Å². The summed E-state index contributed by atoms with van der Waals surface area (Å²) in [7, 11) is 0. The van der Waals surface area contributed by atoms with Crippen molar-refractivity contribution in [3.63, 3.8) is 0 Å². The minimum absolute atomic E-state index is 0.0166. The molecule has 0 heterocycles. The molecule has 120 heavy (non-hydrogen) atoms. The Labute approximate surface area is 719 Å². The lowest BCUT2D eigenvalue weighted by Gasteiger charge is -2.47. The van der Waals surface area contributed by atoms with E-state index < -0.39 is 74.9 Å². The topological polar surface area (TPSA) is 364 Å². The molecular weight excluding hydrogens is 1540 g/mol. The number of hydrogen-bond donors (Lipinski definition) is 5. The van der Waals surface area contributed by atoms with Gasteiger partial charge in [0, 0.05) is 108 Å². The lowest BCUT2D eigenvalue weighted by atomic mass is 9.61. The third kappa shape index (κ3) is 45.3. The Kier molecular flexibility index (Phi) is 42.5. The van der Waals surface area contributed by atoms with Crippen LogP contribution < -0.4 is 26.6 Å². The summed E-state index contributed by atoms with van der Waals surface area (Å²) in [4.78, 5) is 153. The predicted molar refractivity (Wildman–Crippen MR) is 461 cm³/mol. The van der Waals surface area contributed by atoms with Gasteiger partial charge in [-0.05, 0) is 177 Å². The average molecular weight is 1700 g/mol. The summed E-state index contributed by atoms with van der Waals surface area (Å²) in [5, 5.41) is 15.2. The molecule has 0 aromatic carbocycles. The number of alkyl carbamates (subject to hydrolysis) is 3. The zero-order valence-corrected chi connectivity index (χ0v) is 78.9. The van der Waals surface area contributed by atoms with E-state index >= 15 is 0 Å². The molecule has 3 fully saturated rings. The van der Waals surface area contributed by atoms with E-state index in [1.165, 1.54) is 6.42 Å². The molecule has 0 aromatic rings. The van der Waals surface area contributed by atoms with E-state index in [1.807, 2.05) is 96.9 Å². The van der Waals surface area contributed by atoms with Gasteiger partial charge in [-0.2, -0.15) is 0 Å². The Morgan fingerprint density at radius 2 is 0.608 bits per heavy atom. The zero-order chi connectivity index (χ0) is 91.9. The molecule has 3 aliphatic carbocycles. The van der Waals surface area contributed by atoms with Gasteiger partial charge in [-0.25, -0.2) is 33.6 Å². The van der Waals surface area contributed by atoms with Gasteiger partial charge in [0.15, 0.2) is 0 Å². The molecule has 0 aliphatic heterocycles. The Morgan fingerprint density at radius 3 is 0.858 bits per heavy atom. The predicted octanol–water partition coefficient (Wildman–Crippen LogP) is 16.4. The summed E-state index contributed by atoms with van der Waals surface area (Å²) >= 11 is 0. The Morgan fingerprint density at radius 1 is 0.358 bits per heavy atom. The highest BCUT2D eigenvalue weighted by Gasteiger charge is 2.46. The largest absolute Gasteiger partial charge is 0.465 e. The summed E-state index contributed by atoms with van der Waals surface area (Å²) in [6.45, 7) is 62.6. The molecule has 0 bridgehead atoms. The van der Waals surface area contributed by atoms with Crippen LogP contribution in [0.1, 0.15) is 303 Å². The van der Waals surface area contributed by atoms with Crippen molar-refractivity contribution in [2.75, 3.05) is 98.8 Å². The zero-order valence-electron chi connectivity index (χ0n) is 78.9. The molecule has 29 heteroatoms. The molecule has 3 saturated carbocycles. The van der Waals surface area contributed by atoms with E-state index in [2.05, 4.69) is 109 Å². The van der Waals surface area contributed by atoms with Gasteiger partial charge in [0.2, 0.25) is 0 Å². The number of amides is 7. The van der Waals surface area contributed by atoms with Crippen molar-refractivity contribution in [2.24, 2.45) is 60.1 Å². The number of hydrogen-bond acceptors (Lipinski definition) is 22. The van der Waals surface area contributed by atoms with E-state index in [1.54, 1.807) is 30.6 Å². The fourth-order valence-corrected chi connectivity index (χ4v) is 16.5. The summed E-state index contributed by atoms with van der Waals surface area (Å²) < 4.78 is 54.0. The Bertz CT molecular complexity index is 3420. The normalized spacial score (nSPS) is 20.8. The maximum atomic E-state index is 13.6. The molecule has 7 amide bonds. The first kappa shape index (κ1) is 108. The summed E-state index contributed by atoms with van der Waals surface area (Å²) in [6, 6.07) is -0.791. The van der Waals surface area contributed by atoms with Crippen molar-refractivity contribution in [3.8, 4) is 0 Å². The van der Waals surface area contributed by atoms with Gasteiger partial charge in [0.25, 0.3) is 0 Å². The van der Waals surface area contributed by atoms with Gasteiger partial charge >= 0.3 is 72.1 Å². The second-order valence-corrected chi connectivity index (χ2v) is 43.1. The molecule has 0 radical (unpaired) electrons.